The highest BCUT2D eigenvalue weighted by Crippen LogP contribution is 2.11. The van der Waals surface area contributed by atoms with Gasteiger partial charge in [-0.2, -0.15) is 5.26 Å². The third-order valence-electron chi connectivity index (χ3n) is 2.02. The SMILES string of the molecule is Cc1cc(-n2cccc2C#N)ccn1. The molecule has 2 rings (SSSR count). The van der Waals surface area contributed by atoms with Gasteiger partial charge in [0.1, 0.15) is 11.8 Å². The molecule has 3 heteroatoms. The van der Waals surface area contributed by atoms with E-state index in [9.17, 15) is 0 Å². The first-order valence-corrected chi connectivity index (χ1v) is 4.32. The summed E-state index contributed by atoms with van der Waals surface area (Å²) in [6, 6.07) is 9.61. The Labute approximate surface area is 82.2 Å². The van der Waals surface area contributed by atoms with E-state index >= 15 is 0 Å². The molecule has 0 aliphatic rings. The molecule has 0 aliphatic carbocycles. The number of pyridine rings is 1. The van der Waals surface area contributed by atoms with Crippen molar-refractivity contribution in [3.05, 3.63) is 48.0 Å². The monoisotopic (exact) mass is 183 g/mol. The van der Waals surface area contributed by atoms with Crippen molar-refractivity contribution in [3.63, 3.8) is 0 Å². The quantitative estimate of drug-likeness (QED) is 0.679. The lowest BCUT2D eigenvalue weighted by atomic mass is 10.3. The molecule has 2 heterocycles. The summed E-state index contributed by atoms with van der Waals surface area (Å²) in [5.41, 5.74) is 2.55. The predicted molar refractivity (Wildman–Crippen MR) is 53.0 cm³/mol. The Balaban J connectivity index is 2.56. The molecule has 0 radical (unpaired) electrons. The van der Waals surface area contributed by atoms with Crippen LogP contribution in [0.2, 0.25) is 0 Å². The largest absolute Gasteiger partial charge is 0.308 e. The Morgan fingerprint density at radius 2 is 2.29 bits per heavy atom. The molecular weight excluding hydrogens is 174 g/mol. The van der Waals surface area contributed by atoms with Gasteiger partial charge in [-0.05, 0) is 31.2 Å². The van der Waals surface area contributed by atoms with E-state index in [2.05, 4.69) is 11.1 Å². The molecule has 0 bridgehead atoms. The Bertz CT molecular complexity index is 491. The van der Waals surface area contributed by atoms with Gasteiger partial charge in [0.2, 0.25) is 0 Å². The van der Waals surface area contributed by atoms with E-state index in [1.54, 1.807) is 12.3 Å². The third-order valence-corrected chi connectivity index (χ3v) is 2.02. The fourth-order valence-electron chi connectivity index (χ4n) is 1.38. The third kappa shape index (κ3) is 1.38. The molecule has 3 nitrogen and oxygen atoms in total. The van der Waals surface area contributed by atoms with E-state index in [0.29, 0.717) is 5.69 Å². The van der Waals surface area contributed by atoms with Gasteiger partial charge in [0.25, 0.3) is 0 Å². The molecule has 2 aromatic rings. The summed E-state index contributed by atoms with van der Waals surface area (Å²) in [6.45, 7) is 1.93. The van der Waals surface area contributed by atoms with Crippen molar-refractivity contribution >= 4 is 0 Å². The summed E-state index contributed by atoms with van der Waals surface area (Å²) >= 11 is 0. The van der Waals surface area contributed by atoms with Crippen molar-refractivity contribution < 1.29 is 0 Å². The minimum atomic E-state index is 0.635. The first-order chi connectivity index (χ1) is 6.81. The van der Waals surface area contributed by atoms with Crippen LogP contribution in [0.25, 0.3) is 5.69 Å². The average Bonchev–Trinajstić information content (AvgIpc) is 2.65. The highest BCUT2D eigenvalue weighted by molar-refractivity contribution is 5.38. The Morgan fingerprint density at radius 1 is 1.43 bits per heavy atom. The molecule has 0 atom stereocenters. The second-order valence-corrected chi connectivity index (χ2v) is 3.03. The van der Waals surface area contributed by atoms with E-state index in [1.165, 1.54) is 0 Å². The summed E-state index contributed by atoms with van der Waals surface area (Å²) in [5.74, 6) is 0. The number of rotatable bonds is 1. The number of nitrogens with zero attached hydrogens (tertiary/aromatic N) is 3. The van der Waals surface area contributed by atoms with Crippen LogP contribution in [0.4, 0.5) is 0 Å². The van der Waals surface area contributed by atoms with Crippen LogP contribution in [-0.2, 0) is 0 Å². The zero-order valence-electron chi connectivity index (χ0n) is 7.81. The molecule has 0 unspecified atom stereocenters. The van der Waals surface area contributed by atoms with E-state index in [-0.39, 0.29) is 0 Å². The summed E-state index contributed by atoms with van der Waals surface area (Å²) < 4.78 is 1.84. The molecule has 0 N–H and O–H groups in total. The molecule has 14 heavy (non-hydrogen) atoms. The number of hydrogen-bond donors (Lipinski definition) is 0. The van der Waals surface area contributed by atoms with Crippen molar-refractivity contribution in [2.75, 3.05) is 0 Å². The fraction of sp³-hybridized carbons (Fsp3) is 0.0909. The van der Waals surface area contributed by atoms with Crippen molar-refractivity contribution in [2.45, 2.75) is 6.92 Å². The van der Waals surface area contributed by atoms with E-state index in [1.807, 2.05) is 35.9 Å². The average molecular weight is 183 g/mol. The van der Waals surface area contributed by atoms with Crippen LogP contribution in [0.15, 0.2) is 36.7 Å². The zero-order chi connectivity index (χ0) is 9.97. The maximum Gasteiger partial charge on any atom is 0.124 e. The molecule has 0 fully saturated rings. The minimum absolute atomic E-state index is 0.635. The zero-order valence-corrected chi connectivity index (χ0v) is 7.81. The van der Waals surface area contributed by atoms with E-state index in [0.717, 1.165) is 11.4 Å². The van der Waals surface area contributed by atoms with Gasteiger partial charge >= 0.3 is 0 Å². The molecular formula is C11H9N3. The van der Waals surface area contributed by atoms with Gasteiger partial charge in [-0.3, -0.25) is 4.98 Å². The van der Waals surface area contributed by atoms with Crippen LogP contribution in [0.1, 0.15) is 11.4 Å². The first-order valence-electron chi connectivity index (χ1n) is 4.32. The van der Waals surface area contributed by atoms with Crippen LogP contribution < -0.4 is 0 Å². The highest BCUT2D eigenvalue weighted by Gasteiger charge is 2.01. The van der Waals surface area contributed by atoms with Crippen LogP contribution in [-0.4, -0.2) is 9.55 Å². The van der Waals surface area contributed by atoms with Gasteiger partial charge < -0.3 is 4.57 Å². The summed E-state index contributed by atoms with van der Waals surface area (Å²) in [6.07, 6.45) is 3.61. The van der Waals surface area contributed by atoms with Crippen LogP contribution in [0, 0.1) is 18.3 Å². The second-order valence-electron chi connectivity index (χ2n) is 3.03. The topological polar surface area (TPSA) is 41.6 Å². The number of hydrogen-bond acceptors (Lipinski definition) is 2. The van der Waals surface area contributed by atoms with Gasteiger partial charge in [0.15, 0.2) is 0 Å². The summed E-state index contributed by atoms with van der Waals surface area (Å²) in [4.78, 5) is 4.11. The molecule has 0 aromatic carbocycles. The normalized spacial score (nSPS) is 9.71. The molecule has 0 amide bonds. The second kappa shape index (κ2) is 3.35. The fourth-order valence-corrected chi connectivity index (χ4v) is 1.38. The van der Waals surface area contributed by atoms with Crippen molar-refractivity contribution in [1.29, 1.82) is 5.26 Å². The maximum atomic E-state index is 8.85. The minimum Gasteiger partial charge on any atom is -0.308 e. The van der Waals surface area contributed by atoms with E-state index < -0.39 is 0 Å². The summed E-state index contributed by atoms with van der Waals surface area (Å²) in [7, 11) is 0. The van der Waals surface area contributed by atoms with Gasteiger partial charge in [0, 0.05) is 23.8 Å². The molecule has 0 aliphatic heterocycles. The molecule has 0 spiro atoms. The van der Waals surface area contributed by atoms with Crippen LogP contribution in [0.5, 0.6) is 0 Å². The Morgan fingerprint density at radius 3 is 3.00 bits per heavy atom. The number of aromatic nitrogens is 2. The maximum absolute atomic E-state index is 8.85. The lowest BCUT2D eigenvalue weighted by Crippen LogP contribution is -1.96. The number of nitriles is 1. The predicted octanol–water partition coefficient (Wildman–Crippen LogP) is 2.05. The van der Waals surface area contributed by atoms with Gasteiger partial charge in [-0.15, -0.1) is 0 Å². The van der Waals surface area contributed by atoms with Crippen LogP contribution >= 0.6 is 0 Å². The molecule has 0 saturated carbocycles. The first kappa shape index (κ1) is 8.52. The lowest BCUT2D eigenvalue weighted by Gasteiger charge is -2.04. The molecule has 68 valence electrons. The van der Waals surface area contributed by atoms with E-state index in [4.69, 9.17) is 5.26 Å². The Hall–Kier alpha value is -2.08. The summed E-state index contributed by atoms with van der Waals surface area (Å²) in [5, 5.41) is 8.85. The number of aryl methyl sites for hydroxylation is 1. The molecule has 2 aromatic heterocycles. The van der Waals surface area contributed by atoms with Crippen LogP contribution in [0.3, 0.4) is 0 Å². The lowest BCUT2D eigenvalue weighted by molar-refractivity contribution is 1.03. The van der Waals surface area contributed by atoms with Crippen molar-refractivity contribution in [2.24, 2.45) is 0 Å². The standard InChI is InChI=1S/C11H9N3/c1-9-7-10(4-5-13-9)14-6-2-3-11(14)8-12/h2-7H,1H3. The van der Waals surface area contributed by atoms with Crippen molar-refractivity contribution in [1.82, 2.24) is 9.55 Å². The molecule has 0 saturated heterocycles. The smallest absolute Gasteiger partial charge is 0.124 e. The Kier molecular flexibility index (Phi) is 2.04. The van der Waals surface area contributed by atoms with Crippen molar-refractivity contribution in [3.8, 4) is 11.8 Å². The van der Waals surface area contributed by atoms with Gasteiger partial charge in [-0.1, -0.05) is 0 Å². The van der Waals surface area contributed by atoms with Gasteiger partial charge in [-0.25, -0.2) is 0 Å². The van der Waals surface area contributed by atoms with Gasteiger partial charge in [0.05, 0.1) is 0 Å². The highest BCUT2D eigenvalue weighted by atomic mass is 15.0.